The van der Waals surface area contributed by atoms with E-state index < -0.39 is 35.0 Å². The molecule has 4 aliphatic rings. The molecule has 3 fully saturated rings. The van der Waals surface area contributed by atoms with Gasteiger partial charge in [0.1, 0.15) is 0 Å². The molecular formula is C35H31ClN2O6. The lowest BCUT2D eigenvalue weighted by Gasteiger charge is -2.49. The van der Waals surface area contributed by atoms with E-state index in [1.54, 1.807) is 54.6 Å². The third-order valence-electron chi connectivity index (χ3n) is 10.2. The number of halogens is 1. The van der Waals surface area contributed by atoms with Crippen molar-refractivity contribution in [3.8, 4) is 11.5 Å². The highest BCUT2D eigenvalue weighted by Crippen LogP contribution is 2.64. The number of imide groups is 2. The van der Waals surface area contributed by atoms with Gasteiger partial charge in [0.25, 0.3) is 0 Å². The molecule has 6 atom stereocenters. The lowest BCUT2D eigenvalue weighted by atomic mass is 9.51. The predicted molar refractivity (Wildman–Crippen MR) is 164 cm³/mol. The van der Waals surface area contributed by atoms with Gasteiger partial charge >= 0.3 is 0 Å². The maximum atomic E-state index is 14.4. The molecule has 0 unspecified atom stereocenters. The van der Waals surface area contributed by atoms with Gasteiger partial charge in [-0.1, -0.05) is 53.6 Å². The van der Waals surface area contributed by atoms with Gasteiger partial charge in [-0.05, 0) is 80.1 Å². The van der Waals surface area contributed by atoms with Crippen LogP contribution in [0.1, 0.15) is 36.8 Å². The average Bonchev–Trinajstić information content (AvgIpc) is 3.39. The van der Waals surface area contributed by atoms with Crippen molar-refractivity contribution < 1.29 is 29.0 Å². The molecule has 0 radical (unpaired) electrons. The highest BCUT2D eigenvalue weighted by atomic mass is 35.5. The quantitative estimate of drug-likeness (QED) is 0.296. The first-order valence-corrected chi connectivity index (χ1v) is 15.1. The van der Waals surface area contributed by atoms with Gasteiger partial charge in [-0.3, -0.25) is 19.2 Å². The summed E-state index contributed by atoms with van der Waals surface area (Å²) >= 11 is 6.38. The number of carbonyl (C=O) groups excluding carboxylic acids is 4. The Labute approximate surface area is 259 Å². The van der Waals surface area contributed by atoms with Crippen molar-refractivity contribution >= 4 is 46.6 Å². The summed E-state index contributed by atoms with van der Waals surface area (Å²) in [5, 5.41) is 10.9. The first-order chi connectivity index (χ1) is 21.1. The molecule has 8 nitrogen and oxygen atoms in total. The highest BCUT2D eigenvalue weighted by Gasteiger charge is 2.67. The fourth-order valence-corrected chi connectivity index (χ4v) is 8.24. The minimum absolute atomic E-state index is 0.0493. The minimum atomic E-state index is -1.18. The molecule has 1 N–H and O–H groups in total. The largest absolute Gasteiger partial charge is 0.504 e. The van der Waals surface area contributed by atoms with Crippen molar-refractivity contribution in [2.24, 2.45) is 29.1 Å². The number of para-hydroxylation sites is 1. The lowest BCUT2D eigenvalue weighted by Crippen LogP contribution is -2.48. The Bertz CT molecular complexity index is 1790. The van der Waals surface area contributed by atoms with E-state index in [2.05, 4.69) is 0 Å². The van der Waals surface area contributed by atoms with Crippen LogP contribution in [0.3, 0.4) is 0 Å². The van der Waals surface area contributed by atoms with Gasteiger partial charge in [-0.15, -0.1) is 0 Å². The zero-order valence-corrected chi connectivity index (χ0v) is 25.2. The molecule has 2 aliphatic carbocycles. The molecule has 0 bridgehead atoms. The molecule has 3 aromatic carbocycles. The number of methoxy groups -OCH3 is 1. The van der Waals surface area contributed by atoms with E-state index in [9.17, 15) is 24.3 Å². The maximum Gasteiger partial charge on any atom is 0.241 e. The van der Waals surface area contributed by atoms with Crippen LogP contribution in [0.4, 0.5) is 11.4 Å². The number of hydrogen-bond donors (Lipinski definition) is 1. The summed E-state index contributed by atoms with van der Waals surface area (Å²) in [5.74, 6) is -4.13. The molecule has 0 spiro atoms. The number of fused-ring (bicyclic) bond motifs is 4. The summed E-state index contributed by atoms with van der Waals surface area (Å²) < 4.78 is 5.43. The molecule has 2 heterocycles. The molecule has 224 valence electrons. The molecule has 2 aliphatic heterocycles. The van der Waals surface area contributed by atoms with Crippen molar-refractivity contribution in [3.05, 3.63) is 94.5 Å². The number of ether oxygens (including phenoxy) is 1. The molecule has 2 saturated heterocycles. The zero-order valence-electron chi connectivity index (χ0n) is 24.5. The number of amides is 4. The Kier molecular flexibility index (Phi) is 6.48. The zero-order chi connectivity index (χ0) is 31.1. The van der Waals surface area contributed by atoms with Gasteiger partial charge in [-0.25, -0.2) is 9.80 Å². The van der Waals surface area contributed by atoms with Crippen molar-refractivity contribution in [2.45, 2.75) is 32.6 Å². The fraction of sp³-hybridized carbons (Fsp3) is 0.314. The monoisotopic (exact) mass is 610 g/mol. The van der Waals surface area contributed by atoms with Crippen LogP contribution in [0.2, 0.25) is 5.02 Å². The van der Waals surface area contributed by atoms with Crippen LogP contribution in [0.5, 0.6) is 11.5 Å². The van der Waals surface area contributed by atoms with Gasteiger partial charge in [0.05, 0.1) is 41.7 Å². The van der Waals surface area contributed by atoms with E-state index in [1.165, 1.54) is 23.0 Å². The SMILES string of the molecule is COc1cc([C@H]2C3=CC[C@@H]4C(=O)N(c5ccc(C)c(Cl)c5)C(=O)[C@@H]4[C@@H]3C[C@H]3C(=O)N(c4ccccc4)C(=O)[C@@]23C)ccc1O. The number of aromatic hydroxyl groups is 1. The highest BCUT2D eigenvalue weighted by molar-refractivity contribution is 6.32. The summed E-state index contributed by atoms with van der Waals surface area (Å²) in [5.41, 5.74) is 2.12. The second kappa shape index (κ2) is 10.1. The first kappa shape index (κ1) is 28.3. The van der Waals surface area contributed by atoms with E-state index in [-0.39, 0.29) is 41.5 Å². The maximum absolute atomic E-state index is 14.4. The van der Waals surface area contributed by atoms with Crippen LogP contribution in [0.25, 0.3) is 0 Å². The van der Waals surface area contributed by atoms with Crippen molar-refractivity contribution in [3.63, 3.8) is 0 Å². The Hall–Kier alpha value is -4.43. The van der Waals surface area contributed by atoms with E-state index in [4.69, 9.17) is 16.3 Å². The number of carbonyl (C=O) groups is 4. The Morgan fingerprint density at radius 1 is 0.886 bits per heavy atom. The summed E-state index contributed by atoms with van der Waals surface area (Å²) in [4.78, 5) is 59.2. The molecule has 7 rings (SSSR count). The topological polar surface area (TPSA) is 104 Å². The lowest BCUT2D eigenvalue weighted by molar-refractivity contribution is -0.131. The summed E-state index contributed by atoms with van der Waals surface area (Å²) in [7, 11) is 1.45. The molecule has 4 amide bonds. The van der Waals surface area contributed by atoms with Crippen molar-refractivity contribution in [2.75, 3.05) is 16.9 Å². The second-order valence-electron chi connectivity index (χ2n) is 12.4. The minimum Gasteiger partial charge on any atom is -0.504 e. The van der Waals surface area contributed by atoms with E-state index in [1.807, 2.05) is 26.0 Å². The molecule has 44 heavy (non-hydrogen) atoms. The van der Waals surface area contributed by atoms with Gasteiger partial charge in [-0.2, -0.15) is 0 Å². The van der Waals surface area contributed by atoms with Crippen molar-refractivity contribution in [1.29, 1.82) is 0 Å². The number of aryl methyl sites for hydroxylation is 1. The smallest absolute Gasteiger partial charge is 0.241 e. The Morgan fingerprint density at radius 3 is 2.34 bits per heavy atom. The number of phenols is 1. The molecule has 1 saturated carbocycles. The summed E-state index contributed by atoms with van der Waals surface area (Å²) in [6, 6.07) is 19.0. The number of anilines is 2. The molecule has 9 heteroatoms. The predicted octanol–water partition coefficient (Wildman–Crippen LogP) is 5.80. The van der Waals surface area contributed by atoms with Crippen LogP contribution in [0, 0.1) is 36.0 Å². The number of phenolic OH excluding ortho intramolecular Hbond substituents is 1. The van der Waals surface area contributed by atoms with E-state index >= 15 is 0 Å². The molecule has 0 aromatic heterocycles. The fourth-order valence-electron chi connectivity index (χ4n) is 8.07. The molecular weight excluding hydrogens is 580 g/mol. The first-order valence-electron chi connectivity index (χ1n) is 14.7. The van der Waals surface area contributed by atoms with Gasteiger partial charge in [0.15, 0.2) is 11.5 Å². The normalized spacial score (nSPS) is 29.4. The van der Waals surface area contributed by atoms with E-state index in [0.717, 1.165) is 11.1 Å². The third kappa shape index (κ3) is 3.83. The summed E-state index contributed by atoms with van der Waals surface area (Å²) in [6.07, 6.45) is 2.58. The Morgan fingerprint density at radius 2 is 1.64 bits per heavy atom. The standard InChI is InChI=1S/C35H31ClN2O6/c1-18-9-11-21(16-26(18)36)37-31(40)23-13-12-22-24(29(23)33(37)42)17-25-32(41)38(20-7-5-4-6-8-20)34(43)35(25,2)30(22)19-10-14-27(39)28(15-19)44-3/h4-12,14-16,23-25,29-30,39H,13,17H2,1-3H3/t23-,24+,25-,29-,30-,35+/m0/s1. The van der Waals surface area contributed by atoms with Crippen LogP contribution >= 0.6 is 11.6 Å². The van der Waals surface area contributed by atoms with Crippen LogP contribution in [0.15, 0.2) is 78.4 Å². The third-order valence-corrected chi connectivity index (χ3v) is 10.6. The van der Waals surface area contributed by atoms with Gasteiger partial charge < -0.3 is 9.84 Å². The van der Waals surface area contributed by atoms with Crippen LogP contribution in [-0.2, 0) is 19.2 Å². The van der Waals surface area contributed by atoms with Gasteiger partial charge in [0, 0.05) is 10.9 Å². The van der Waals surface area contributed by atoms with E-state index in [0.29, 0.717) is 28.4 Å². The van der Waals surface area contributed by atoms with Gasteiger partial charge in [0.2, 0.25) is 23.6 Å². The number of rotatable bonds is 4. The molecule has 3 aromatic rings. The number of nitrogens with zero attached hydrogens (tertiary/aromatic N) is 2. The number of allylic oxidation sites excluding steroid dienone is 2. The Balaban J connectivity index is 1.37. The van der Waals surface area contributed by atoms with Crippen LogP contribution in [-0.4, -0.2) is 35.8 Å². The number of hydrogen-bond acceptors (Lipinski definition) is 6. The van der Waals surface area contributed by atoms with Crippen LogP contribution < -0.4 is 14.5 Å². The van der Waals surface area contributed by atoms with Crippen molar-refractivity contribution in [1.82, 2.24) is 0 Å². The average molecular weight is 611 g/mol. The second-order valence-corrected chi connectivity index (χ2v) is 12.8. The summed E-state index contributed by atoms with van der Waals surface area (Å²) in [6.45, 7) is 3.68. The number of benzene rings is 3.